The van der Waals surface area contributed by atoms with Crippen LogP contribution in [-0.4, -0.2) is 13.2 Å². The average molecular weight is 191 g/mol. The van der Waals surface area contributed by atoms with E-state index >= 15 is 0 Å². The Balaban J connectivity index is 2.80. The van der Waals surface area contributed by atoms with Crippen molar-refractivity contribution >= 4 is 0 Å². The van der Waals surface area contributed by atoms with Crippen LogP contribution >= 0.6 is 0 Å². The quantitative estimate of drug-likeness (QED) is 0.740. The lowest BCUT2D eigenvalue weighted by atomic mass is 10.0. The Morgan fingerprint density at radius 3 is 2.71 bits per heavy atom. The van der Waals surface area contributed by atoms with E-state index in [2.05, 4.69) is 6.58 Å². The van der Waals surface area contributed by atoms with Gasteiger partial charge in [-0.05, 0) is 25.0 Å². The fourth-order valence-corrected chi connectivity index (χ4v) is 1.28. The van der Waals surface area contributed by atoms with Gasteiger partial charge >= 0.3 is 0 Å². The van der Waals surface area contributed by atoms with Crippen LogP contribution in [0.1, 0.15) is 12.5 Å². The molecule has 1 atom stereocenters. The third-order valence-electron chi connectivity index (χ3n) is 2.27. The van der Waals surface area contributed by atoms with Crippen LogP contribution in [0.15, 0.2) is 36.4 Å². The number of hydrogen-bond acceptors (Lipinski definition) is 2. The first kappa shape index (κ1) is 10.8. The van der Waals surface area contributed by atoms with Gasteiger partial charge in [-0.1, -0.05) is 30.4 Å². The molecule has 76 valence electrons. The van der Waals surface area contributed by atoms with Crippen LogP contribution in [0, 0.1) is 0 Å². The van der Waals surface area contributed by atoms with Crippen LogP contribution in [0.4, 0.5) is 0 Å². The van der Waals surface area contributed by atoms with Crippen LogP contribution in [0.3, 0.4) is 0 Å². The molecule has 2 nitrogen and oxygen atoms in total. The molecule has 0 aliphatic heterocycles. The molecular formula is C12H17NO. The number of rotatable bonds is 4. The number of benzene rings is 1. The van der Waals surface area contributed by atoms with Crippen molar-refractivity contribution in [1.29, 1.82) is 0 Å². The Kier molecular flexibility index (Phi) is 3.72. The van der Waals surface area contributed by atoms with Gasteiger partial charge < -0.3 is 10.5 Å². The first-order chi connectivity index (χ1) is 6.65. The molecule has 2 heteroatoms. The molecule has 0 bridgehead atoms. The maximum Gasteiger partial charge on any atom is 0.122 e. The first-order valence-corrected chi connectivity index (χ1v) is 4.68. The molecule has 0 amide bonds. The van der Waals surface area contributed by atoms with Crippen molar-refractivity contribution in [3.63, 3.8) is 0 Å². The molecule has 0 aliphatic carbocycles. The van der Waals surface area contributed by atoms with Crippen molar-refractivity contribution in [3.05, 3.63) is 42.0 Å². The summed E-state index contributed by atoms with van der Waals surface area (Å²) in [6, 6.07) is 7.92. The van der Waals surface area contributed by atoms with Crippen molar-refractivity contribution in [2.24, 2.45) is 5.73 Å². The van der Waals surface area contributed by atoms with Gasteiger partial charge in [0.1, 0.15) is 5.75 Å². The molecule has 1 aromatic rings. The smallest absolute Gasteiger partial charge is 0.122 e. The van der Waals surface area contributed by atoms with Crippen molar-refractivity contribution in [2.45, 2.75) is 19.4 Å². The van der Waals surface area contributed by atoms with Gasteiger partial charge in [-0.15, -0.1) is 0 Å². The predicted molar refractivity (Wildman–Crippen MR) is 59.5 cm³/mol. The number of nitrogens with two attached hydrogens (primary N) is 1. The van der Waals surface area contributed by atoms with Crippen LogP contribution in [0.25, 0.3) is 0 Å². The second-order valence-corrected chi connectivity index (χ2v) is 3.47. The minimum atomic E-state index is 0.00583. The van der Waals surface area contributed by atoms with E-state index in [9.17, 15) is 0 Å². The lowest BCUT2D eigenvalue weighted by Gasteiger charge is -2.13. The van der Waals surface area contributed by atoms with Crippen LogP contribution < -0.4 is 10.5 Å². The normalized spacial score (nSPS) is 12.2. The van der Waals surface area contributed by atoms with Crippen LogP contribution in [0.5, 0.6) is 5.75 Å². The van der Waals surface area contributed by atoms with E-state index in [0.29, 0.717) is 0 Å². The monoisotopic (exact) mass is 191 g/mol. The number of ether oxygens (including phenoxy) is 1. The first-order valence-electron chi connectivity index (χ1n) is 4.68. The van der Waals surface area contributed by atoms with Crippen molar-refractivity contribution in [3.8, 4) is 5.75 Å². The summed E-state index contributed by atoms with van der Waals surface area (Å²) < 4.78 is 5.24. The highest BCUT2D eigenvalue weighted by atomic mass is 16.5. The minimum Gasteiger partial charge on any atom is -0.496 e. The summed E-state index contributed by atoms with van der Waals surface area (Å²) >= 11 is 0. The zero-order chi connectivity index (χ0) is 10.6. The van der Waals surface area contributed by atoms with E-state index in [-0.39, 0.29) is 6.04 Å². The summed E-state index contributed by atoms with van der Waals surface area (Å²) in [5.41, 5.74) is 8.04. The largest absolute Gasteiger partial charge is 0.496 e. The van der Waals surface area contributed by atoms with Gasteiger partial charge in [-0.3, -0.25) is 0 Å². The van der Waals surface area contributed by atoms with Gasteiger partial charge in [0.05, 0.1) is 7.11 Å². The van der Waals surface area contributed by atoms with Gasteiger partial charge in [0, 0.05) is 6.04 Å². The average Bonchev–Trinajstić information content (AvgIpc) is 2.18. The Hall–Kier alpha value is -1.28. The molecule has 0 aliphatic rings. The summed E-state index contributed by atoms with van der Waals surface area (Å²) in [5.74, 6) is 0.893. The molecule has 1 rings (SSSR count). The Bertz CT molecular complexity index is 320. The molecule has 2 N–H and O–H groups in total. The highest BCUT2D eigenvalue weighted by Crippen LogP contribution is 2.19. The zero-order valence-corrected chi connectivity index (χ0v) is 8.79. The van der Waals surface area contributed by atoms with Gasteiger partial charge in [0.15, 0.2) is 0 Å². The summed E-state index contributed by atoms with van der Waals surface area (Å²) in [5, 5.41) is 0. The molecule has 0 saturated heterocycles. The van der Waals surface area contributed by atoms with Crippen molar-refractivity contribution in [1.82, 2.24) is 0 Å². The second kappa shape index (κ2) is 4.82. The molecule has 0 aromatic heterocycles. The zero-order valence-electron chi connectivity index (χ0n) is 8.79. The molecule has 1 unspecified atom stereocenters. The second-order valence-electron chi connectivity index (χ2n) is 3.47. The van der Waals surface area contributed by atoms with Crippen molar-refractivity contribution in [2.75, 3.05) is 7.11 Å². The third kappa shape index (κ3) is 2.60. The maximum absolute atomic E-state index is 5.92. The Morgan fingerprint density at radius 1 is 1.50 bits per heavy atom. The SMILES string of the molecule is C=C(C)C(N)Cc1ccccc1OC. The van der Waals surface area contributed by atoms with Gasteiger partial charge in [-0.25, -0.2) is 0 Å². The summed E-state index contributed by atoms with van der Waals surface area (Å²) in [6.45, 7) is 5.79. The van der Waals surface area contributed by atoms with Crippen molar-refractivity contribution < 1.29 is 4.74 Å². The molecule has 14 heavy (non-hydrogen) atoms. The molecule has 0 fully saturated rings. The van der Waals surface area contributed by atoms with E-state index in [1.807, 2.05) is 31.2 Å². The van der Waals surface area contributed by atoms with E-state index in [1.54, 1.807) is 7.11 Å². The van der Waals surface area contributed by atoms with Gasteiger partial charge in [0.2, 0.25) is 0 Å². The molecular weight excluding hydrogens is 174 g/mol. The van der Waals surface area contributed by atoms with E-state index < -0.39 is 0 Å². The highest BCUT2D eigenvalue weighted by molar-refractivity contribution is 5.34. The fourth-order valence-electron chi connectivity index (χ4n) is 1.28. The summed E-state index contributed by atoms with van der Waals surface area (Å²) in [6.07, 6.45) is 0.777. The molecule has 0 saturated carbocycles. The summed E-state index contributed by atoms with van der Waals surface area (Å²) in [7, 11) is 1.67. The topological polar surface area (TPSA) is 35.2 Å². The molecule has 0 spiro atoms. The van der Waals surface area contributed by atoms with Gasteiger partial charge in [-0.2, -0.15) is 0 Å². The van der Waals surface area contributed by atoms with E-state index in [4.69, 9.17) is 10.5 Å². The lowest BCUT2D eigenvalue weighted by molar-refractivity contribution is 0.408. The van der Waals surface area contributed by atoms with Crippen LogP contribution in [0.2, 0.25) is 0 Å². The van der Waals surface area contributed by atoms with Crippen LogP contribution in [-0.2, 0) is 6.42 Å². The number of hydrogen-bond donors (Lipinski definition) is 1. The third-order valence-corrected chi connectivity index (χ3v) is 2.27. The Labute approximate surface area is 85.4 Å². The Morgan fingerprint density at radius 2 is 2.14 bits per heavy atom. The van der Waals surface area contributed by atoms with E-state index in [1.165, 1.54) is 0 Å². The predicted octanol–water partition coefficient (Wildman–Crippen LogP) is 2.14. The maximum atomic E-state index is 5.92. The van der Waals surface area contributed by atoms with E-state index in [0.717, 1.165) is 23.3 Å². The number of methoxy groups -OCH3 is 1. The fraction of sp³-hybridized carbons (Fsp3) is 0.333. The standard InChI is InChI=1S/C12H17NO/c1-9(2)11(13)8-10-6-4-5-7-12(10)14-3/h4-7,11H,1,8,13H2,2-3H3. The number of para-hydroxylation sites is 1. The minimum absolute atomic E-state index is 0.00583. The summed E-state index contributed by atoms with van der Waals surface area (Å²) in [4.78, 5) is 0. The highest BCUT2D eigenvalue weighted by Gasteiger charge is 2.07. The lowest BCUT2D eigenvalue weighted by Crippen LogP contribution is -2.23. The van der Waals surface area contributed by atoms with Gasteiger partial charge in [0.25, 0.3) is 0 Å². The molecule has 0 heterocycles. The molecule has 0 radical (unpaired) electrons. The molecule has 1 aromatic carbocycles.